The Labute approximate surface area is 88.1 Å². The van der Waals surface area contributed by atoms with Crippen LogP contribution in [-0.4, -0.2) is 48.4 Å². The van der Waals surface area contributed by atoms with E-state index in [1.807, 2.05) is 23.5 Å². The van der Waals surface area contributed by atoms with Crippen molar-refractivity contribution in [1.29, 1.82) is 0 Å². The van der Waals surface area contributed by atoms with E-state index in [-0.39, 0.29) is 0 Å². The van der Waals surface area contributed by atoms with Crippen molar-refractivity contribution in [3.63, 3.8) is 0 Å². The minimum absolute atomic E-state index is 0.809. The lowest BCUT2D eigenvalue weighted by Crippen LogP contribution is -2.07. The lowest BCUT2D eigenvalue weighted by molar-refractivity contribution is 0.0892. The van der Waals surface area contributed by atoms with Gasteiger partial charge in [-0.1, -0.05) is 0 Å². The molecule has 0 amide bonds. The molecule has 2 aliphatic heterocycles. The zero-order chi connectivity index (χ0) is 8.93. The highest BCUT2D eigenvalue weighted by Crippen LogP contribution is 2.30. The first-order valence-corrected chi connectivity index (χ1v) is 6.93. The summed E-state index contributed by atoms with van der Waals surface area (Å²) in [5.41, 5.74) is 0. The Hall–Kier alpha value is 0.620. The Kier molecular flexibility index (Phi) is 4.28. The smallest absolute Gasteiger partial charge is 0.0593 e. The van der Waals surface area contributed by atoms with E-state index in [9.17, 15) is 0 Å². The maximum atomic E-state index is 5.47. The zero-order valence-corrected chi connectivity index (χ0v) is 9.37. The Morgan fingerprint density at radius 1 is 0.923 bits per heavy atom. The number of ether oxygens (including phenoxy) is 2. The van der Waals surface area contributed by atoms with Crippen LogP contribution in [0.15, 0.2) is 0 Å². The fourth-order valence-corrected chi connectivity index (χ4v) is 1.87. The van der Waals surface area contributed by atoms with Crippen LogP contribution >= 0.6 is 23.5 Å². The molecule has 2 aliphatic rings. The van der Waals surface area contributed by atoms with Gasteiger partial charge in [0.25, 0.3) is 0 Å². The van der Waals surface area contributed by atoms with Gasteiger partial charge in [0.1, 0.15) is 0 Å². The predicted molar refractivity (Wildman–Crippen MR) is 58.7 cm³/mol. The van der Waals surface area contributed by atoms with Crippen LogP contribution in [0.1, 0.15) is 6.42 Å². The van der Waals surface area contributed by atoms with Crippen molar-refractivity contribution in [2.24, 2.45) is 0 Å². The topological polar surface area (TPSA) is 18.5 Å². The zero-order valence-electron chi connectivity index (χ0n) is 7.74. The van der Waals surface area contributed by atoms with Crippen molar-refractivity contribution in [3.8, 4) is 0 Å². The summed E-state index contributed by atoms with van der Waals surface area (Å²) in [6, 6.07) is 0. The summed E-state index contributed by atoms with van der Waals surface area (Å²) in [6.45, 7) is 3.63. The molecule has 2 atom stereocenters. The third-order valence-electron chi connectivity index (χ3n) is 1.99. The Bertz CT molecular complexity index is 131. The predicted octanol–water partition coefficient (Wildman–Crippen LogP) is 1.64. The molecule has 0 aromatic carbocycles. The highest BCUT2D eigenvalue weighted by molar-refractivity contribution is 8.07. The van der Waals surface area contributed by atoms with Gasteiger partial charge in [0.05, 0.1) is 13.2 Å². The van der Waals surface area contributed by atoms with Crippen molar-refractivity contribution in [2.45, 2.75) is 16.9 Å². The molecule has 4 heteroatoms. The molecular formula is C9H16O2S2. The third kappa shape index (κ3) is 5.15. The lowest BCUT2D eigenvalue weighted by Gasteiger charge is -2.03. The maximum Gasteiger partial charge on any atom is 0.0593 e. The van der Waals surface area contributed by atoms with Gasteiger partial charge in [0, 0.05) is 35.2 Å². The summed E-state index contributed by atoms with van der Waals surface area (Å²) in [5.74, 6) is 2.60. The molecule has 0 bridgehead atoms. The van der Waals surface area contributed by atoms with Gasteiger partial charge in [-0.3, -0.25) is 0 Å². The van der Waals surface area contributed by atoms with Crippen LogP contribution in [0.4, 0.5) is 0 Å². The SMILES string of the molecule is C(COCC1CS1)COCC1CS1. The first-order chi connectivity index (χ1) is 6.45. The molecule has 2 saturated heterocycles. The average Bonchev–Trinajstić information content (AvgIpc) is 2.99. The van der Waals surface area contributed by atoms with E-state index in [1.54, 1.807) is 0 Å². The van der Waals surface area contributed by atoms with Crippen molar-refractivity contribution in [2.75, 3.05) is 37.9 Å². The molecule has 0 aromatic heterocycles. The molecule has 76 valence electrons. The third-order valence-corrected chi connectivity index (χ3v) is 3.87. The van der Waals surface area contributed by atoms with Crippen LogP contribution in [0.2, 0.25) is 0 Å². The van der Waals surface area contributed by atoms with E-state index in [0.29, 0.717) is 0 Å². The average molecular weight is 220 g/mol. The second kappa shape index (κ2) is 5.49. The van der Waals surface area contributed by atoms with Crippen LogP contribution in [0, 0.1) is 0 Å². The van der Waals surface area contributed by atoms with Gasteiger partial charge in [-0.2, -0.15) is 23.5 Å². The second-order valence-electron chi connectivity index (χ2n) is 3.41. The second-order valence-corrected chi connectivity index (χ2v) is 6.08. The summed E-state index contributed by atoms with van der Waals surface area (Å²) in [4.78, 5) is 0. The van der Waals surface area contributed by atoms with Crippen LogP contribution < -0.4 is 0 Å². The van der Waals surface area contributed by atoms with E-state index >= 15 is 0 Å². The molecule has 2 fully saturated rings. The summed E-state index contributed by atoms with van der Waals surface area (Å²) in [7, 11) is 0. The molecule has 0 aromatic rings. The van der Waals surface area contributed by atoms with Crippen molar-refractivity contribution >= 4 is 23.5 Å². The fourth-order valence-electron chi connectivity index (χ4n) is 1.02. The van der Waals surface area contributed by atoms with Crippen molar-refractivity contribution in [3.05, 3.63) is 0 Å². The molecule has 2 unspecified atom stereocenters. The molecule has 13 heavy (non-hydrogen) atoms. The molecule has 2 nitrogen and oxygen atoms in total. The first kappa shape index (κ1) is 10.1. The Balaban J connectivity index is 1.28. The molecule has 2 rings (SSSR count). The summed E-state index contributed by atoms with van der Waals surface area (Å²) < 4.78 is 10.9. The van der Waals surface area contributed by atoms with E-state index in [0.717, 1.165) is 43.3 Å². The summed E-state index contributed by atoms with van der Waals surface area (Å²) in [6.07, 6.45) is 1.05. The van der Waals surface area contributed by atoms with Gasteiger partial charge in [0.2, 0.25) is 0 Å². The molecule has 2 heterocycles. The lowest BCUT2D eigenvalue weighted by atomic mass is 10.4. The standard InChI is InChI=1S/C9H16O2S2/c1(2-10-4-8-6-12-8)3-11-5-9-7-13-9/h8-9H,1-7H2. The molecular weight excluding hydrogens is 204 g/mol. The van der Waals surface area contributed by atoms with Gasteiger partial charge < -0.3 is 9.47 Å². The van der Waals surface area contributed by atoms with Crippen LogP contribution in [-0.2, 0) is 9.47 Å². The fraction of sp³-hybridized carbons (Fsp3) is 1.00. The van der Waals surface area contributed by atoms with Gasteiger partial charge in [-0.05, 0) is 6.42 Å². The molecule has 0 aliphatic carbocycles. The Morgan fingerprint density at radius 2 is 1.38 bits per heavy atom. The molecule has 0 saturated carbocycles. The van der Waals surface area contributed by atoms with E-state index in [1.165, 1.54) is 11.5 Å². The Morgan fingerprint density at radius 3 is 1.77 bits per heavy atom. The summed E-state index contributed by atoms with van der Waals surface area (Å²) in [5, 5.41) is 1.62. The number of hydrogen-bond acceptors (Lipinski definition) is 4. The minimum atomic E-state index is 0.809. The highest BCUT2D eigenvalue weighted by Gasteiger charge is 2.22. The summed E-state index contributed by atoms with van der Waals surface area (Å²) >= 11 is 3.98. The van der Waals surface area contributed by atoms with Gasteiger partial charge in [-0.15, -0.1) is 0 Å². The maximum absolute atomic E-state index is 5.47. The molecule has 0 spiro atoms. The van der Waals surface area contributed by atoms with Crippen LogP contribution in [0.3, 0.4) is 0 Å². The van der Waals surface area contributed by atoms with Crippen LogP contribution in [0.5, 0.6) is 0 Å². The number of hydrogen-bond donors (Lipinski definition) is 0. The van der Waals surface area contributed by atoms with E-state index in [2.05, 4.69) is 0 Å². The molecule has 0 radical (unpaired) electrons. The van der Waals surface area contributed by atoms with Crippen molar-refractivity contribution in [1.82, 2.24) is 0 Å². The monoisotopic (exact) mass is 220 g/mol. The molecule has 0 N–H and O–H groups in total. The number of thioether (sulfide) groups is 2. The van der Waals surface area contributed by atoms with Crippen LogP contribution in [0.25, 0.3) is 0 Å². The normalized spacial score (nSPS) is 30.5. The largest absolute Gasteiger partial charge is 0.380 e. The number of rotatable bonds is 8. The van der Waals surface area contributed by atoms with E-state index in [4.69, 9.17) is 9.47 Å². The quantitative estimate of drug-likeness (QED) is 0.457. The first-order valence-electron chi connectivity index (χ1n) is 4.84. The highest BCUT2D eigenvalue weighted by atomic mass is 32.2. The van der Waals surface area contributed by atoms with Crippen molar-refractivity contribution < 1.29 is 9.47 Å². The minimum Gasteiger partial charge on any atom is -0.380 e. The van der Waals surface area contributed by atoms with Gasteiger partial charge >= 0.3 is 0 Å². The van der Waals surface area contributed by atoms with Gasteiger partial charge in [-0.25, -0.2) is 0 Å². The van der Waals surface area contributed by atoms with E-state index < -0.39 is 0 Å². The van der Waals surface area contributed by atoms with Gasteiger partial charge in [0.15, 0.2) is 0 Å².